The van der Waals surface area contributed by atoms with E-state index in [9.17, 15) is 9.59 Å². The smallest absolute Gasteiger partial charge is 0.315 e. The molecule has 0 spiro atoms. The van der Waals surface area contributed by atoms with Crippen molar-refractivity contribution in [1.82, 2.24) is 0 Å². The van der Waals surface area contributed by atoms with Gasteiger partial charge in [-0.25, -0.2) is 0 Å². The van der Waals surface area contributed by atoms with E-state index in [0.717, 1.165) is 31.6 Å². The van der Waals surface area contributed by atoms with Crippen LogP contribution < -0.4 is 0 Å². The molecule has 17 heavy (non-hydrogen) atoms. The number of carbonyl (C=O) groups excluding carboxylic acids is 2. The van der Waals surface area contributed by atoms with Gasteiger partial charge >= 0.3 is 5.97 Å². The van der Waals surface area contributed by atoms with E-state index in [1.54, 1.807) is 6.92 Å². The summed E-state index contributed by atoms with van der Waals surface area (Å²) in [6, 6.07) is 0. The van der Waals surface area contributed by atoms with Gasteiger partial charge in [-0.1, -0.05) is 19.8 Å². The summed E-state index contributed by atoms with van der Waals surface area (Å²) < 4.78 is 4.62. The molecule has 98 valence electrons. The van der Waals surface area contributed by atoms with E-state index in [1.807, 2.05) is 0 Å². The maximum atomic E-state index is 12.1. The highest BCUT2D eigenvalue weighted by atomic mass is 16.5. The summed E-state index contributed by atoms with van der Waals surface area (Å²) in [4.78, 5) is 23.4. The van der Waals surface area contributed by atoms with Crippen molar-refractivity contribution in [2.24, 2.45) is 17.8 Å². The second-order valence-electron chi connectivity index (χ2n) is 5.15. The number of Topliss-reactive ketones (excluding diaryl/α,β-unsaturated/α-hetero) is 1. The Morgan fingerprint density at radius 1 is 1.24 bits per heavy atom. The first-order valence-corrected chi connectivity index (χ1v) is 6.71. The summed E-state index contributed by atoms with van der Waals surface area (Å²) in [5.41, 5.74) is 0. The predicted molar refractivity (Wildman–Crippen MR) is 66.5 cm³/mol. The second-order valence-corrected chi connectivity index (χ2v) is 5.15. The number of carbonyl (C=O) groups is 2. The molecule has 3 nitrogen and oxygen atoms in total. The van der Waals surface area contributed by atoms with Crippen LogP contribution in [-0.4, -0.2) is 18.9 Å². The van der Waals surface area contributed by atoms with Crippen LogP contribution in [0, 0.1) is 17.8 Å². The predicted octanol–water partition coefficient (Wildman–Crippen LogP) is 2.97. The molecule has 0 radical (unpaired) electrons. The zero-order chi connectivity index (χ0) is 12.8. The summed E-state index contributed by atoms with van der Waals surface area (Å²) in [7, 11) is 1.34. The van der Waals surface area contributed by atoms with Crippen LogP contribution in [0.4, 0.5) is 0 Å². The first kappa shape index (κ1) is 14.2. The van der Waals surface area contributed by atoms with Gasteiger partial charge < -0.3 is 4.74 Å². The fraction of sp³-hybridized carbons (Fsp3) is 0.857. The lowest BCUT2D eigenvalue weighted by Gasteiger charge is -2.28. The molecule has 0 bridgehead atoms. The lowest BCUT2D eigenvalue weighted by atomic mass is 9.76. The van der Waals surface area contributed by atoms with Gasteiger partial charge in [-0.15, -0.1) is 0 Å². The maximum absolute atomic E-state index is 12.1. The minimum absolute atomic E-state index is 0.0757. The molecule has 1 fully saturated rings. The zero-order valence-corrected chi connectivity index (χ0v) is 11.2. The van der Waals surface area contributed by atoms with Gasteiger partial charge in [0.25, 0.3) is 0 Å². The molecule has 0 aromatic rings. The van der Waals surface area contributed by atoms with Crippen LogP contribution in [0.2, 0.25) is 0 Å². The second kappa shape index (κ2) is 6.77. The lowest BCUT2D eigenvalue weighted by molar-refractivity contribution is -0.150. The largest absolute Gasteiger partial charge is 0.468 e. The molecule has 0 aromatic heterocycles. The van der Waals surface area contributed by atoms with Gasteiger partial charge in [-0.05, 0) is 38.5 Å². The minimum Gasteiger partial charge on any atom is -0.468 e. The van der Waals surface area contributed by atoms with Crippen LogP contribution in [-0.2, 0) is 14.3 Å². The highest BCUT2D eigenvalue weighted by Gasteiger charge is 2.32. The van der Waals surface area contributed by atoms with Crippen LogP contribution in [0.5, 0.6) is 0 Å². The average molecular weight is 240 g/mol. The van der Waals surface area contributed by atoms with Crippen LogP contribution >= 0.6 is 0 Å². The Kier molecular flexibility index (Phi) is 5.66. The first-order valence-electron chi connectivity index (χ1n) is 6.71. The molecule has 1 aliphatic rings. The molecule has 0 saturated heterocycles. The van der Waals surface area contributed by atoms with E-state index in [1.165, 1.54) is 20.0 Å². The number of ketones is 1. The number of methoxy groups -OCH3 is 1. The molecule has 0 aromatic carbocycles. The van der Waals surface area contributed by atoms with Crippen molar-refractivity contribution in [2.75, 3.05) is 7.11 Å². The molecule has 1 atom stereocenters. The van der Waals surface area contributed by atoms with Crippen LogP contribution in [0.25, 0.3) is 0 Å². The summed E-state index contributed by atoms with van der Waals surface area (Å²) in [6.45, 7) is 3.86. The third-order valence-electron chi connectivity index (χ3n) is 3.93. The first-order chi connectivity index (χ1) is 8.10. The summed E-state index contributed by atoms with van der Waals surface area (Å²) >= 11 is 0. The fourth-order valence-corrected chi connectivity index (χ4v) is 2.79. The molecule has 0 heterocycles. The highest BCUT2D eigenvalue weighted by Crippen LogP contribution is 2.33. The number of hydrogen-bond acceptors (Lipinski definition) is 3. The Morgan fingerprint density at radius 2 is 1.82 bits per heavy atom. The van der Waals surface area contributed by atoms with Gasteiger partial charge in [-0.2, -0.15) is 0 Å². The van der Waals surface area contributed by atoms with Crippen molar-refractivity contribution >= 4 is 11.8 Å². The van der Waals surface area contributed by atoms with E-state index in [0.29, 0.717) is 0 Å². The summed E-state index contributed by atoms with van der Waals surface area (Å²) in [5, 5.41) is 0. The molecule has 3 heteroatoms. The third kappa shape index (κ3) is 3.83. The van der Waals surface area contributed by atoms with Gasteiger partial charge in [0.05, 0.1) is 7.11 Å². The Bertz CT molecular complexity index is 265. The van der Waals surface area contributed by atoms with Crippen molar-refractivity contribution in [3.63, 3.8) is 0 Å². The molecule has 0 amide bonds. The van der Waals surface area contributed by atoms with Crippen LogP contribution in [0.1, 0.15) is 52.4 Å². The van der Waals surface area contributed by atoms with Gasteiger partial charge in [0.1, 0.15) is 11.7 Å². The Balaban J connectivity index is 2.43. The third-order valence-corrected chi connectivity index (χ3v) is 3.93. The van der Waals surface area contributed by atoms with E-state index < -0.39 is 11.9 Å². The van der Waals surface area contributed by atoms with E-state index in [2.05, 4.69) is 11.7 Å². The van der Waals surface area contributed by atoms with Crippen molar-refractivity contribution in [2.45, 2.75) is 52.4 Å². The van der Waals surface area contributed by atoms with E-state index in [-0.39, 0.29) is 11.7 Å². The Morgan fingerprint density at radius 3 is 2.29 bits per heavy atom. The normalized spacial score (nSPS) is 26.3. The standard InChI is InChI=1S/C14H24O3/c1-4-5-11-6-8-12(9-7-11)13(15)10(2)14(16)17-3/h10-12H,4-9H2,1-3H3. The fourth-order valence-electron chi connectivity index (χ4n) is 2.79. The molecular weight excluding hydrogens is 216 g/mol. The quantitative estimate of drug-likeness (QED) is 0.548. The van der Waals surface area contributed by atoms with Crippen molar-refractivity contribution in [3.8, 4) is 0 Å². The number of esters is 1. The Labute approximate surface area is 104 Å². The van der Waals surface area contributed by atoms with Gasteiger partial charge in [0.2, 0.25) is 0 Å². The van der Waals surface area contributed by atoms with Gasteiger partial charge in [0, 0.05) is 5.92 Å². The van der Waals surface area contributed by atoms with Crippen LogP contribution in [0.3, 0.4) is 0 Å². The molecule has 1 aliphatic carbocycles. The molecule has 1 saturated carbocycles. The topological polar surface area (TPSA) is 43.4 Å². The molecular formula is C14H24O3. The number of hydrogen-bond donors (Lipinski definition) is 0. The maximum Gasteiger partial charge on any atom is 0.315 e. The van der Waals surface area contributed by atoms with Crippen molar-refractivity contribution < 1.29 is 14.3 Å². The minimum atomic E-state index is -0.590. The average Bonchev–Trinajstić information content (AvgIpc) is 2.37. The lowest BCUT2D eigenvalue weighted by Crippen LogP contribution is -2.31. The number of ether oxygens (including phenoxy) is 1. The summed E-state index contributed by atoms with van der Waals surface area (Å²) in [5.74, 6) is -0.0418. The molecule has 0 N–H and O–H groups in total. The van der Waals surface area contributed by atoms with Gasteiger partial charge in [0.15, 0.2) is 0 Å². The molecule has 0 aliphatic heterocycles. The SMILES string of the molecule is CCCC1CCC(C(=O)C(C)C(=O)OC)CC1. The summed E-state index contributed by atoms with van der Waals surface area (Å²) in [6.07, 6.45) is 6.67. The molecule has 1 rings (SSSR count). The van der Waals surface area contributed by atoms with E-state index in [4.69, 9.17) is 0 Å². The van der Waals surface area contributed by atoms with Crippen LogP contribution in [0.15, 0.2) is 0 Å². The highest BCUT2D eigenvalue weighted by molar-refractivity contribution is 5.99. The molecule has 1 unspecified atom stereocenters. The monoisotopic (exact) mass is 240 g/mol. The van der Waals surface area contributed by atoms with E-state index >= 15 is 0 Å². The Hall–Kier alpha value is -0.860. The number of rotatable bonds is 5. The zero-order valence-electron chi connectivity index (χ0n) is 11.2. The van der Waals surface area contributed by atoms with Crippen molar-refractivity contribution in [3.05, 3.63) is 0 Å². The van der Waals surface area contributed by atoms with Gasteiger partial charge in [-0.3, -0.25) is 9.59 Å². The van der Waals surface area contributed by atoms with Crippen molar-refractivity contribution in [1.29, 1.82) is 0 Å².